The van der Waals surface area contributed by atoms with Gasteiger partial charge in [-0.25, -0.2) is 4.79 Å². The zero-order valence-electron chi connectivity index (χ0n) is 7.03. The maximum Gasteiger partial charge on any atom is 0.327 e. The summed E-state index contributed by atoms with van der Waals surface area (Å²) in [6.07, 6.45) is 3.90. The second-order valence-electron chi connectivity index (χ2n) is 2.85. The summed E-state index contributed by atoms with van der Waals surface area (Å²) < 4.78 is 0. The van der Waals surface area contributed by atoms with Crippen molar-refractivity contribution in [3.05, 3.63) is 12.2 Å². The minimum atomic E-state index is -1.64. The fourth-order valence-electron chi connectivity index (χ4n) is 0.739. The van der Waals surface area contributed by atoms with Gasteiger partial charge >= 0.3 is 5.97 Å². The van der Waals surface area contributed by atoms with Crippen LogP contribution in [0.3, 0.4) is 0 Å². The van der Waals surface area contributed by atoms with Crippen LogP contribution in [0, 0.1) is 0 Å². The molecule has 0 aromatic rings. The number of allylic oxidation sites excluding steroid dienone is 1. The first kappa shape index (κ1) is 11.1. The molecule has 0 amide bonds. The van der Waals surface area contributed by atoms with E-state index >= 15 is 0 Å². The Labute approximate surface area is 71.1 Å². The van der Waals surface area contributed by atoms with Crippen LogP contribution in [-0.2, 0) is 4.79 Å². The van der Waals surface area contributed by atoms with E-state index in [9.17, 15) is 4.79 Å². The fourth-order valence-corrected chi connectivity index (χ4v) is 0.739. The van der Waals surface area contributed by atoms with Gasteiger partial charge in [0.05, 0.1) is 0 Å². The second kappa shape index (κ2) is 4.90. The molecule has 0 spiro atoms. The van der Waals surface area contributed by atoms with Gasteiger partial charge in [-0.2, -0.15) is 0 Å². The summed E-state index contributed by atoms with van der Waals surface area (Å²) in [4.78, 5) is 9.97. The van der Waals surface area contributed by atoms with Crippen LogP contribution in [0.25, 0.3) is 0 Å². The third kappa shape index (κ3) is 9.13. The lowest BCUT2D eigenvalue weighted by atomic mass is 10.1. The summed E-state index contributed by atoms with van der Waals surface area (Å²) in [5, 5.41) is 25.9. The first-order valence-electron chi connectivity index (χ1n) is 3.76. The highest BCUT2D eigenvalue weighted by Gasteiger charge is 2.12. The predicted molar refractivity (Wildman–Crippen MR) is 43.5 cm³/mol. The van der Waals surface area contributed by atoms with Crippen molar-refractivity contribution in [1.82, 2.24) is 0 Å². The average Bonchev–Trinajstić information content (AvgIpc) is 1.83. The average molecular weight is 174 g/mol. The molecule has 70 valence electrons. The Balaban J connectivity index is 3.40. The lowest BCUT2D eigenvalue weighted by molar-refractivity contribution is -0.149. The quantitative estimate of drug-likeness (QED) is 0.322. The fraction of sp³-hybridized carbons (Fsp3) is 0.625. The van der Waals surface area contributed by atoms with Crippen LogP contribution in [0.2, 0.25) is 0 Å². The zero-order chi connectivity index (χ0) is 9.61. The van der Waals surface area contributed by atoms with Crippen molar-refractivity contribution in [3.63, 3.8) is 0 Å². The summed E-state index contributed by atoms with van der Waals surface area (Å²) in [7, 11) is 0. The molecule has 4 heteroatoms. The molecule has 0 radical (unpaired) electrons. The van der Waals surface area contributed by atoms with Crippen molar-refractivity contribution in [2.75, 3.05) is 0 Å². The highest BCUT2D eigenvalue weighted by Crippen LogP contribution is 2.09. The molecule has 0 bridgehead atoms. The summed E-state index contributed by atoms with van der Waals surface area (Å²) in [5.41, 5.74) is 0. The molecule has 0 aromatic heterocycles. The molecule has 12 heavy (non-hydrogen) atoms. The second-order valence-corrected chi connectivity index (χ2v) is 2.85. The van der Waals surface area contributed by atoms with E-state index in [4.69, 9.17) is 15.3 Å². The van der Waals surface area contributed by atoms with Crippen LogP contribution >= 0.6 is 0 Å². The van der Waals surface area contributed by atoms with Crippen molar-refractivity contribution in [2.24, 2.45) is 0 Å². The molecular formula is C8H14O4. The lowest BCUT2D eigenvalue weighted by Crippen LogP contribution is -2.22. The first-order valence-corrected chi connectivity index (χ1v) is 3.76. The summed E-state index contributed by atoms with van der Waals surface area (Å²) in [6, 6.07) is 0. The lowest BCUT2D eigenvalue weighted by Gasteiger charge is -2.13. The van der Waals surface area contributed by atoms with Gasteiger partial charge in [-0.3, -0.25) is 0 Å². The molecule has 0 saturated carbocycles. The molecule has 0 aliphatic rings. The molecule has 4 nitrogen and oxygen atoms in total. The highest BCUT2D eigenvalue weighted by atomic mass is 16.5. The number of carbonyl (C=O) groups is 1. The summed E-state index contributed by atoms with van der Waals surface area (Å²) in [5.74, 6) is -2.62. The molecule has 0 aliphatic heterocycles. The number of carboxylic acid groups (broad SMARTS) is 1. The minimum absolute atomic E-state index is 0.247. The molecule has 0 rings (SSSR count). The van der Waals surface area contributed by atoms with Gasteiger partial charge in [0.25, 0.3) is 0 Å². The van der Waals surface area contributed by atoms with E-state index in [1.54, 1.807) is 0 Å². The third-order valence-electron chi connectivity index (χ3n) is 1.28. The Morgan fingerprint density at radius 3 is 2.50 bits per heavy atom. The van der Waals surface area contributed by atoms with Gasteiger partial charge in [-0.05, 0) is 19.8 Å². The number of hydrogen-bond donors (Lipinski definition) is 3. The van der Waals surface area contributed by atoms with E-state index in [0.29, 0.717) is 12.8 Å². The van der Waals surface area contributed by atoms with Gasteiger partial charge in [0.2, 0.25) is 0 Å². The van der Waals surface area contributed by atoms with Crippen molar-refractivity contribution in [1.29, 1.82) is 0 Å². The number of hydrogen-bond acceptors (Lipinski definition) is 3. The maximum absolute atomic E-state index is 9.97. The van der Waals surface area contributed by atoms with E-state index in [1.165, 1.54) is 13.0 Å². The van der Waals surface area contributed by atoms with Crippen LogP contribution in [0.15, 0.2) is 12.2 Å². The highest BCUT2D eigenvalue weighted by molar-refractivity contribution is 5.79. The Hall–Kier alpha value is -0.870. The van der Waals surface area contributed by atoms with E-state index < -0.39 is 11.8 Å². The largest absolute Gasteiger partial charge is 0.478 e. The monoisotopic (exact) mass is 174 g/mol. The Morgan fingerprint density at radius 2 is 2.08 bits per heavy atom. The number of rotatable bonds is 5. The molecule has 0 aliphatic carbocycles. The van der Waals surface area contributed by atoms with E-state index in [0.717, 1.165) is 6.08 Å². The van der Waals surface area contributed by atoms with Gasteiger partial charge in [0.15, 0.2) is 5.79 Å². The molecule has 0 fully saturated rings. The van der Waals surface area contributed by atoms with Gasteiger partial charge in [0, 0.05) is 12.5 Å². The summed E-state index contributed by atoms with van der Waals surface area (Å²) >= 11 is 0. The maximum atomic E-state index is 9.97. The zero-order valence-corrected chi connectivity index (χ0v) is 7.03. The van der Waals surface area contributed by atoms with E-state index in [-0.39, 0.29) is 6.42 Å². The predicted octanol–water partition coefficient (Wildman–Crippen LogP) is 0.498. The van der Waals surface area contributed by atoms with Crippen LogP contribution in [0.4, 0.5) is 0 Å². The third-order valence-corrected chi connectivity index (χ3v) is 1.28. The molecule has 0 aromatic carbocycles. The Kier molecular flexibility index (Phi) is 4.54. The summed E-state index contributed by atoms with van der Waals surface area (Å²) in [6.45, 7) is 1.30. The standard InChI is InChI=1S/C8H14O4/c1-8(11,12)6-4-2-3-5-7(9)10/h3,5,11-12H,2,4,6H2,1H3,(H,9,10)/b5-3+. The SMILES string of the molecule is CC(O)(O)CCC/C=C/C(=O)O. The van der Waals surface area contributed by atoms with Crippen molar-refractivity contribution < 1.29 is 20.1 Å². The van der Waals surface area contributed by atoms with Gasteiger partial charge in [-0.1, -0.05) is 6.08 Å². The molecule has 0 unspecified atom stereocenters. The topological polar surface area (TPSA) is 77.8 Å². The van der Waals surface area contributed by atoms with Crippen LogP contribution < -0.4 is 0 Å². The van der Waals surface area contributed by atoms with Gasteiger partial charge in [0.1, 0.15) is 0 Å². The smallest absolute Gasteiger partial charge is 0.327 e. The van der Waals surface area contributed by atoms with Crippen LogP contribution in [0.1, 0.15) is 26.2 Å². The first-order chi connectivity index (χ1) is 5.42. The number of aliphatic hydroxyl groups is 2. The molecular weight excluding hydrogens is 160 g/mol. The van der Waals surface area contributed by atoms with Gasteiger partial charge in [-0.15, -0.1) is 0 Å². The Morgan fingerprint density at radius 1 is 1.50 bits per heavy atom. The molecule has 0 atom stereocenters. The molecule has 0 saturated heterocycles. The van der Waals surface area contributed by atoms with E-state index in [2.05, 4.69) is 0 Å². The van der Waals surface area contributed by atoms with E-state index in [1.807, 2.05) is 0 Å². The number of unbranched alkanes of at least 4 members (excludes halogenated alkanes) is 1. The van der Waals surface area contributed by atoms with Crippen LogP contribution in [0.5, 0.6) is 0 Å². The van der Waals surface area contributed by atoms with Gasteiger partial charge < -0.3 is 15.3 Å². The molecule has 3 N–H and O–H groups in total. The minimum Gasteiger partial charge on any atom is -0.478 e. The molecule has 0 heterocycles. The normalized spacial score (nSPS) is 12.2. The number of carboxylic acids is 1. The van der Waals surface area contributed by atoms with Crippen LogP contribution in [-0.4, -0.2) is 27.1 Å². The van der Waals surface area contributed by atoms with Crippen molar-refractivity contribution in [2.45, 2.75) is 32.0 Å². The van der Waals surface area contributed by atoms with Crippen molar-refractivity contribution >= 4 is 5.97 Å². The Bertz CT molecular complexity index is 166. The van der Waals surface area contributed by atoms with Crippen molar-refractivity contribution in [3.8, 4) is 0 Å². The number of aliphatic carboxylic acids is 1.